The van der Waals surface area contributed by atoms with Gasteiger partial charge in [-0.1, -0.05) is 128 Å². The van der Waals surface area contributed by atoms with E-state index in [4.69, 9.17) is 4.74 Å². The summed E-state index contributed by atoms with van der Waals surface area (Å²) in [6.07, 6.45) is 12.0. The van der Waals surface area contributed by atoms with Gasteiger partial charge in [-0.05, 0) is 36.0 Å². The van der Waals surface area contributed by atoms with Crippen molar-refractivity contribution in [3.63, 3.8) is 0 Å². The van der Waals surface area contributed by atoms with Crippen LogP contribution >= 0.6 is 0 Å². The van der Waals surface area contributed by atoms with E-state index >= 15 is 0 Å². The monoisotopic (exact) mass is 474 g/mol. The quantitative estimate of drug-likeness (QED) is 0.162. The maximum atomic E-state index is 7.21. The van der Waals surface area contributed by atoms with Crippen LogP contribution < -0.4 is 0 Å². The molecule has 2 atom stereocenters. The van der Waals surface area contributed by atoms with Crippen molar-refractivity contribution in [3.8, 4) is 11.8 Å². The number of ether oxygens (including phenoxy) is 1. The zero-order valence-corrected chi connectivity index (χ0v) is 21.3. The average Bonchev–Trinajstić information content (AvgIpc) is 2.96. The highest BCUT2D eigenvalue weighted by Crippen LogP contribution is 2.42. The molecule has 0 aliphatic heterocycles. The van der Waals surface area contributed by atoms with Crippen LogP contribution in [0.25, 0.3) is 0 Å². The van der Waals surface area contributed by atoms with Gasteiger partial charge in [-0.25, -0.2) is 0 Å². The third-order valence-electron chi connectivity index (χ3n) is 7.32. The highest BCUT2D eigenvalue weighted by atomic mass is 16.5. The molecule has 1 heteroatoms. The average molecular weight is 475 g/mol. The number of benzene rings is 3. The largest absolute Gasteiger partial charge is 0.353 e. The molecular formula is C35H38O. The Kier molecular flexibility index (Phi) is 9.37. The molecule has 1 saturated carbocycles. The lowest BCUT2D eigenvalue weighted by Gasteiger charge is -2.40. The van der Waals surface area contributed by atoms with Gasteiger partial charge in [-0.2, -0.15) is 0 Å². The van der Waals surface area contributed by atoms with Gasteiger partial charge in [0.1, 0.15) is 5.60 Å². The van der Waals surface area contributed by atoms with Crippen molar-refractivity contribution in [2.45, 2.75) is 56.7 Å². The summed E-state index contributed by atoms with van der Waals surface area (Å²) in [4.78, 5) is 0. The van der Waals surface area contributed by atoms with Crippen LogP contribution in [0.5, 0.6) is 0 Å². The second kappa shape index (κ2) is 13.1. The smallest absolute Gasteiger partial charge is 0.144 e. The molecule has 0 spiro atoms. The van der Waals surface area contributed by atoms with Crippen LogP contribution in [0.1, 0.15) is 61.6 Å². The molecule has 1 aliphatic carbocycles. The van der Waals surface area contributed by atoms with Crippen molar-refractivity contribution in [2.75, 3.05) is 0 Å². The molecular weight excluding hydrogens is 436 g/mol. The van der Waals surface area contributed by atoms with Crippen LogP contribution in [0.3, 0.4) is 0 Å². The van der Waals surface area contributed by atoms with Crippen molar-refractivity contribution in [1.82, 2.24) is 0 Å². The summed E-state index contributed by atoms with van der Waals surface area (Å²) < 4.78 is 7.21. The Hall–Kier alpha value is -3.34. The molecule has 0 heterocycles. The first-order valence-corrected chi connectivity index (χ1v) is 13.4. The number of hydrogen-bond acceptors (Lipinski definition) is 1. The van der Waals surface area contributed by atoms with Crippen LogP contribution in [-0.2, 0) is 10.3 Å². The first-order valence-electron chi connectivity index (χ1n) is 13.4. The van der Waals surface area contributed by atoms with E-state index in [2.05, 4.69) is 97.8 Å². The summed E-state index contributed by atoms with van der Waals surface area (Å²) in [5.74, 6) is 7.69. The van der Waals surface area contributed by atoms with Crippen LogP contribution in [0.2, 0.25) is 0 Å². The predicted molar refractivity (Wildman–Crippen MR) is 152 cm³/mol. The van der Waals surface area contributed by atoms with E-state index in [1.54, 1.807) is 0 Å². The van der Waals surface area contributed by atoms with E-state index in [9.17, 15) is 0 Å². The SMILES string of the molecule is C=C[C@H](OC(c1ccccc1)(c1ccccc1)c1ccccc1)[C@@H](C=C)CCC#CC1CCCCC1. The molecule has 0 saturated heterocycles. The summed E-state index contributed by atoms with van der Waals surface area (Å²) in [6.45, 7) is 8.36. The fraction of sp³-hybridized carbons (Fsp3) is 0.314. The fourth-order valence-electron chi connectivity index (χ4n) is 5.36. The van der Waals surface area contributed by atoms with Gasteiger partial charge in [0, 0.05) is 18.3 Å². The lowest BCUT2D eigenvalue weighted by Crippen LogP contribution is -2.38. The van der Waals surface area contributed by atoms with Gasteiger partial charge in [0.2, 0.25) is 0 Å². The summed E-state index contributed by atoms with van der Waals surface area (Å²) in [5, 5.41) is 0. The molecule has 0 N–H and O–H groups in total. The Morgan fingerprint density at radius 3 is 1.69 bits per heavy atom. The molecule has 36 heavy (non-hydrogen) atoms. The highest BCUT2D eigenvalue weighted by Gasteiger charge is 2.40. The summed E-state index contributed by atoms with van der Waals surface area (Å²) in [5.41, 5.74) is 2.50. The molecule has 0 unspecified atom stereocenters. The van der Waals surface area contributed by atoms with Crippen molar-refractivity contribution in [3.05, 3.63) is 133 Å². The lowest BCUT2D eigenvalue weighted by atomic mass is 9.79. The van der Waals surface area contributed by atoms with E-state index in [1.807, 2.05) is 30.4 Å². The van der Waals surface area contributed by atoms with Crippen molar-refractivity contribution >= 4 is 0 Å². The summed E-state index contributed by atoms with van der Waals surface area (Å²) in [6, 6.07) is 31.5. The molecule has 4 rings (SSSR count). The molecule has 1 nitrogen and oxygen atoms in total. The fourth-order valence-corrected chi connectivity index (χ4v) is 5.36. The van der Waals surface area contributed by atoms with Gasteiger partial charge in [0.15, 0.2) is 0 Å². The molecule has 3 aromatic rings. The molecule has 3 aromatic carbocycles. The second-order valence-electron chi connectivity index (χ2n) is 9.69. The Labute approximate surface area is 217 Å². The highest BCUT2D eigenvalue weighted by molar-refractivity contribution is 5.47. The first-order chi connectivity index (χ1) is 17.8. The van der Waals surface area contributed by atoms with Gasteiger partial charge in [-0.15, -0.1) is 19.1 Å². The van der Waals surface area contributed by atoms with Gasteiger partial charge in [-0.3, -0.25) is 0 Å². The van der Waals surface area contributed by atoms with E-state index in [1.165, 1.54) is 32.1 Å². The Morgan fingerprint density at radius 2 is 1.25 bits per heavy atom. The van der Waals surface area contributed by atoms with E-state index in [0.29, 0.717) is 5.92 Å². The molecule has 0 aromatic heterocycles. The summed E-state index contributed by atoms with van der Waals surface area (Å²) >= 11 is 0. The minimum Gasteiger partial charge on any atom is -0.353 e. The standard InChI is InChI=1S/C35H38O/c1-3-30(22-18-17-21-29-19-9-5-10-20-29)34(4-2)36-35(31-23-11-6-12-24-31,32-25-13-7-14-26-32)33-27-15-8-16-28-33/h3-4,6-8,11-16,23-30,34H,1-2,5,9-10,18-20,22H2/t30-,34-/m0/s1. The van der Waals surface area contributed by atoms with Gasteiger partial charge in [0.25, 0.3) is 0 Å². The zero-order chi connectivity index (χ0) is 25.1. The Balaban J connectivity index is 1.66. The number of hydrogen-bond donors (Lipinski definition) is 0. The topological polar surface area (TPSA) is 9.23 Å². The normalized spacial score (nSPS) is 15.8. The number of rotatable bonds is 10. The molecule has 0 bridgehead atoms. The van der Waals surface area contributed by atoms with E-state index in [-0.39, 0.29) is 12.0 Å². The summed E-state index contributed by atoms with van der Waals surface area (Å²) in [7, 11) is 0. The third-order valence-corrected chi connectivity index (χ3v) is 7.32. The Morgan fingerprint density at radius 1 is 0.750 bits per heavy atom. The minimum absolute atomic E-state index is 0.110. The third kappa shape index (κ3) is 6.07. The van der Waals surface area contributed by atoms with E-state index < -0.39 is 5.60 Å². The molecule has 0 amide bonds. The molecule has 184 valence electrons. The molecule has 1 aliphatic rings. The molecule has 1 fully saturated rings. The van der Waals surface area contributed by atoms with Crippen molar-refractivity contribution in [1.29, 1.82) is 0 Å². The van der Waals surface area contributed by atoms with Crippen LogP contribution in [0.4, 0.5) is 0 Å². The van der Waals surface area contributed by atoms with Gasteiger partial charge < -0.3 is 4.74 Å². The maximum Gasteiger partial charge on any atom is 0.144 e. The zero-order valence-electron chi connectivity index (χ0n) is 21.3. The van der Waals surface area contributed by atoms with Crippen LogP contribution in [-0.4, -0.2) is 6.10 Å². The predicted octanol–water partition coefficient (Wildman–Crippen LogP) is 8.72. The first kappa shape index (κ1) is 25.7. The second-order valence-corrected chi connectivity index (χ2v) is 9.69. The van der Waals surface area contributed by atoms with Crippen molar-refractivity contribution < 1.29 is 4.74 Å². The van der Waals surface area contributed by atoms with Gasteiger partial charge in [0.05, 0.1) is 6.10 Å². The lowest BCUT2D eigenvalue weighted by molar-refractivity contribution is -0.0427. The van der Waals surface area contributed by atoms with E-state index in [0.717, 1.165) is 29.5 Å². The molecule has 0 radical (unpaired) electrons. The Bertz CT molecular complexity index is 1030. The van der Waals surface area contributed by atoms with Gasteiger partial charge >= 0.3 is 0 Å². The van der Waals surface area contributed by atoms with Crippen LogP contribution in [0, 0.1) is 23.7 Å². The van der Waals surface area contributed by atoms with Crippen LogP contribution in [0.15, 0.2) is 116 Å². The van der Waals surface area contributed by atoms with Crippen molar-refractivity contribution in [2.24, 2.45) is 11.8 Å². The maximum absolute atomic E-state index is 7.21. The minimum atomic E-state index is -0.780.